The lowest BCUT2D eigenvalue weighted by molar-refractivity contribution is 0.102. The molecule has 0 aliphatic heterocycles. The molecule has 1 amide bonds. The number of hydrogen-bond donors (Lipinski definition) is 1. The minimum absolute atomic E-state index is 0.253. The molecule has 2 aromatic carbocycles. The average Bonchev–Trinajstić information content (AvgIpc) is 3.14. The van der Waals surface area contributed by atoms with Crippen molar-refractivity contribution in [2.75, 3.05) is 19.5 Å². The SMILES string of the molecule is COc1ccc(C(=O)Nc2nnc(SCc3ccccc3F)s2)cc1OC. The molecule has 0 radical (unpaired) electrons. The third-order valence-corrected chi connectivity index (χ3v) is 5.60. The first-order valence-electron chi connectivity index (χ1n) is 7.84. The Balaban J connectivity index is 1.63. The van der Waals surface area contributed by atoms with Crippen molar-refractivity contribution in [1.29, 1.82) is 0 Å². The second-order valence-electron chi connectivity index (χ2n) is 5.28. The summed E-state index contributed by atoms with van der Waals surface area (Å²) in [5.41, 5.74) is 0.997. The summed E-state index contributed by atoms with van der Waals surface area (Å²) in [5, 5.41) is 11.0. The molecule has 0 fully saturated rings. The number of halogens is 1. The highest BCUT2D eigenvalue weighted by atomic mass is 32.2. The van der Waals surface area contributed by atoms with Crippen LogP contribution in [0, 0.1) is 5.82 Å². The molecule has 0 aliphatic carbocycles. The van der Waals surface area contributed by atoms with Gasteiger partial charge in [0.2, 0.25) is 5.13 Å². The number of nitrogens with one attached hydrogen (secondary N) is 1. The second kappa shape index (κ2) is 8.83. The third-order valence-electron chi connectivity index (χ3n) is 3.58. The number of carbonyl (C=O) groups is 1. The number of thioether (sulfide) groups is 1. The smallest absolute Gasteiger partial charge is 0.257 e. The average molecular weight is 405 g/mol. The Hall–Kier alpha value is -2.65. The Morgan fingerprint density at radius 1 is 1.15 bits per heavy atom. The van der Waals surface area contributed by atoms with Crippen LogP contribution in [0.3, 0.4) is 0 Å². The van der Waals surface area contributed by atoms with Gasteiger partial charge >= 0.3 is 0 Å². The molecule has 6 nitrogen and oxygen atoms in total. The van der Waals surface area contributed by atoms with Crippen LogP contribution in [0.2, 0.25) is 0 Å². The molecule has 3 rings (SSSR count). The van der Waals surface area contributed by atoms with E-state index < -0.39 is 0 Å². The van der Waals surface area contributed by atoms with Gasteiger partial charge in [-0.1, -0.05) is 41.3 Å². The number of methoxy groups -OCH3 is 2. The molecule has 0 saturated heterocycles. The summed E-state index contributed by atoms with van der Waals surface area (Å²) in [6.45, 7) is 0. The van der Waals surface area contributed by atoms with Crippen LogP contribution in [0.4, 0.5) is 9.52 Å². The van der Waals surface area contributed by atoms with Crippen LogP contribution in [0.25, 0.3) is 0 Å². The number of nitrogens with zero attached hydrogens (tertiary/aromatic N) is 2. The third kappa shape index (κ3) is 4.75. The Bertz CT molecular complexity index is 949. The molecule has 1 aromatic heterocycles. The summed E-state index contributed by atoms with van der Waals surface area (Å²) in [5.74, 6) is 0.847. The fourth-order valence-corrected chi connectivity index (χ4v) is 3.95. The topological polar surface area (TPSA) is 73.3 Å². The van der Waals surface area contributed by atoms with Crippen molar-refractivity contribution in [3.05, 3.63) is 59.4 Å². The fraction of sp³-hybridized carbons (Fsp3) is 0.167. The van der Waals surface area contributed by atoms with Crippen LogP contribution in [0.1, 0.15) is 15.9 Å². The van der Waals surface area contributed by atoms with E-state index in [2.05, 4.69) is 15.5 Å². The van der Waals surface area contributed by atoms with E-state index >= 15 is 0 Å². The molecule has 0 aliphatic rings. The molecule has 0 atom stereocenters. The Morgan fingerprint density at radius 3 is 2.67 bits per heavy atom. The molecular weight excluding hydrogens is 389 g/mol. The van der Waals surface area contributed by atoms with Gasteiger partial charge in [-0.25, -0.2) is 4.39 Å². The number of ether oxygens (including phenoxy) is 2. The van der Waals surface area contributed by atoms with Gasteiger partial charge in [0.1, 0.15) is 5.82 Å². The summed E-state index contributed by atoms with van der Waals surface area (Å²) in [4.78, 5) is 12.4. The first kappa shape index (κ1) is 19.1. The van der Waals surface area contributed by atoms with Gasteiger partial charge in [-0.2, -0.15) is 0 Å². The first-order chi connectivity index (χ1) is 13.1. The lowest BCUT2D eigenvalue weighted by Crippen LogP contribution is -2.11. The monoisotopic (exact) mass is 405 g/mol. The normalized spacial score (nSPS) is 10.5. The molecule has 0 spiro atoms. The maximum atomic E-state index is 13.7. The first-order valence-corrected chi connectivity index (χ1v) is 9.64. The molecule has 0 saturated carbocycles. The van der Waals surface area contributed by atoms with E-state index in [-0.39, 0.29) is 11.7 Å². The van der Waals surface area contributed by atoms with Crippen LogP contribution in [0.5, 0.6) is 11.5 Å². The molecule has 0 unspecified atom stereocenters. The zero-order valence-electron chi connectivity index (χ0n) is 14.6. The number of anilines is 1. The van der Waals surface area contributed by atoms with Crippen molar-refractivity contribution in [3.8, 4) is 11.5 Å². The molecule has 1 heterocycles. The maximum Gasteiger partial charge on any atom is 0.257 e. The molecule has 140 valence electrons. The van der Waals surface area contributed by atoms with E-state index in [9.17, 15) is 9.18 Å². The summed E-state index contributed by atoms with van der Waals surface area (Å²) >= 11 is 2.59. The molecule has 0 bridgehead atoms. The number of rotatable bonds is 7. The minimum atomic E-state index is -0.335. The number of aromatic nitrogens is 2. The molecule has 3 aromatic rings. The number of benzene rings is 2. The Kier molecular flexibility index (Phi) is 6.25. The molecule has 27 heavy (non-hydrogen) atoms. The quantitative estimate of drug-likeness (QED) is 0.468. The highest BCUT2D eigenvalue weighted by molar-refractivity contribution is 8.00. The number of hydrogen-bond acceptors (Lipinski definition) is 7. The summed E-state index contributed by atoms with van der Waals surface area (Å²) in [7, 11) is 3.03. The maximum absolute atomic E-state index is 13.7. The van der Waals surface area contributed by atoms with Gasteiger partial charge in [0.05, 0.1) is 14.2 Å². The lowest BCUT2D eigenvalue weighted by atomic mass is 10.2. The van der Waals surface area contributed by atoms with Crippen LogP contribution < -0.4 is 14.8 Å². The van der Waals surface area contributed by atoms with E-state index in [1.807, 2.05) is 0 Å². The van der Waals surface area contributed by atoms with Crippen LogP contribution >= 0.6 is 23.1 Å². The van der Waals surface area contributed by atoms with Gasteiger partial charge in [0.15, 0.2) is 15.8 Å². The number of carbonyl (C=O) groups excluding carboxylic acids is 1. The second-order valence-corrected chi connectivity index (χ2v) is 7.48. The minimum Gasteiger partial charge on any atom is -0.493 e. The van der Waals surface area contributed by atoms with Crippen molar-refractivity contribution >= 4 is 34.1 Å². The van der Waals surface area contributed by atoms with Gasteiger partial charge in [-0.15, -0.1) is 10.2 Å². The van der Waals surface area contributed by atoms with E-state index in [4.69, 9.17) is 9.47 Å². The summed E-state index contributed by atoms with van der Waals surface area (Å²) < 4.78 is 24.6. The van der Waals surface area contributed by atoms with Crippen LogP contribution in [0.15, 0.2) is 46.8 Å². The predicted octanol–water partition coefficient (Wildman–Crippen LogP) is 4.24. The van der Waals surface area contributed by atoms with E-state index in [0.29, 0.717) is 37.8 Å². The van der Waals surface area contributed by atoms with Gasteiger partial charge in [-0.05, 0) is 29.8 Å². The zero-order chi connectivity index (χ0) is 19.2. The Labute approximate surface area is 163 Å². The zero-order valence-corrected chi connectivity index (χ0v) is 16.2. The summed E-state index contributed by atoms with van der Waals surface area (Å²) in [6.07, 6.45) is 0. The Morgan fingerprint density at radius 2 is 1.93 bits per heavy atom. The van der Waals surface area contributed by atoms with Crippen molar-refractivity contribution < 1.29 is 18.7 Å². The predicted molar refractivity (Wildman–Crippen MR) is 103 cm³/mol. The van der Waals surface area contributed by atoms with Gasteiger partial charge in [-0.3, -0.25) is 10.1 Å². The lowest BCUT2D eigenvalue weighted by Gasteiger charge is -2.08. The van der Waals surface area contributed by atoms with Gasteiger partial charge in [0.25, 0.3) is 5.91 Å². The van der Waals surface area contributed by atoms with Crippen molar-refractivity contribution in [3.63, 3.8) is 0 Å². The number of amides is 1. The van der Waals surface area contributed by atoms with E-state index in [1.54, 1.807) is 36.4 Å². The molecular formula is C18H16FN3O3S2. The fourth-order valence-electron chi connectivity index (χ4n) is 2.22. The molecule has 9 heteroatoms. The molecule has 1 N–H and O–H groups in total. The van der Waals surface area contributed by atoms with E-state index in [0.717, 1.165) is 0 Å². The highest BCUT2D eigenvalue weighted by Gasteiger charge is 2.14. The van der Waals surface area contributed by atoms with Crippen LogP contribution in [-0.4, -0.2) is 30.3 Å². The highest BCUT2D eigenvalue weighted by Crippen LogP contribution is 2.30. The largest absolute Gasteiger partial charge is 0.493 e. The van der Waals surface area contributed by atoms with Crippen LogP contribution in [-0.2, 0) is 5.75 Å². The van der Waals surface area contributed by atoms with Crippen molar-refractivity contribution in [2.24, 2.45) is 0 Å². The van der Waals surface area contributed by atoms with Gasteiger partial charge < -0.3 is 9.47 Å². The van der Waals surface area contributed by atoms with Crippen molar-refractivity contribution in [2.45, 2.75) is 10.1 Å². The summed E-state index contributed by atoms with van der Waals surface area (Å²) in [6, 6.07) is 11.5. The standard InChI is InChI=1S/C18H16FN3O3S2/c1-24-14-8-7-11(9-15(14)25-2)16(23)20-17-21-22-18(27-17)26-10-12-5-3-4-6-13(12)19/h3-9H,10H2,1-2H3,(H,20,21,23). The van der Waals surface area contributed by atoms with E-state index in [1.165, 1.54) is 43.4 Å². The van der Waals surface area contributed by atoms with Crippen molar-refractivity contribution in [1.82, 2.24) is 10.2 Å². The van der Waals surface area contributed by atoms with Gasteiger partial charge in [0, 0.05) is 11.3 Å².